The highest BCUT2D eigenvalue weighted by Crippen LogP contribution is 2.47. The minimum atomic E-state index is -0.842. The van der Waals surface area contributed by atoms with E-state index in [1.54, 1.807) is 7.11 Å². The number of nitrogens with one attached hydrogen (secondary N) is 2. The van der Waals surface area contributed by atoms with Crippen LogP contribution in [-0.2, 0) is 4.74 Å². The zero-order valence-corrected chi connectivity index (χ0v) is 28.0. The first-order valence-electron chi connectivity index (χ1n) is 15.3. The lowest BCUT2D eigenvalue weighted by molar-refractivity contribution is 0.0214. The lowest BCUT2D eigenvalue weighted by Gasteiger charge is -2.43. The van der Waals surface area contributed by atoms with Crippen molar-refractivity contribution in [3.8, 4) is 0 Å². The van der Waals surface area contributed by atoms with E-state index >= 15 is 0 Å². The number of fused-ring (bicyclic) bond motifs is 6. The van der Waals surface area contributed by atoms with Crippen molar-refractivity contribution in [3.63, 3.8) is 0 Å². The van der Waals surface area contributed by atoms with E-state index in [1.165, 1.54) is 22.5 Å². The maximum Gasteiger partial charge on any atom is 0.156 e. The van der Waals surface area contributed by atoms with E-state index in [9.17, 15) is 0 Å². The number of aliphatic imine (C=N–C) groups is 2. The van der Waals surface area contributed by atoms with Crippen LogP contribution in [0.15, 0.2) is 69.9 Å². The fraction of sp³-hybridized carbons (Fsp3) is 0.514. The molecule has 5 heteroatoms. The van der Waals surface area contributed by atoms with Gasteiger partial charge in [-0.2, -0.15) is 0 Å². The zero-order valence-electron chi connectivity index (χ0n) is 28.0. The normalized spacial score (nSPS) is 23.2. The minimum absolute atomic E-state index is 0.0261. The van der Waals surface area contributed by atoms with Crippen molar-refractivity contribution in [2.45, 2.75) is 94.6 Å². The molecule has 0 spiro atoms. The molecule has 0 saturated heterocycles. The molecule has 42 heavy (non-hydrogen) atoms. The van der Waals surface area contributed by atoms with Gasteiger partial charge >= 0.3 is 0 Å². The van der Waals surface area contributed by atoms with Gasteiger partial charge in [0.25, 0.3) is 0 Å². The van der Waals surface area contributed by atoms with Gasteiger partial charge < -0.3 is 14.7 Å². The Hall–Kier alpha value is -3.18. The van der Waals surface area contributed by atoms with Crippen LogP contribution in [0.1, 0.15) is 112 Å². The monoisotopic (exact) mass is 566 g/mol. The summed E-state index contributed by atoms with van der Waals surface area (Å²) in [5, 5.41) is 0. The number of allylic oxidation sites excluding steroid dienone is 4. The number of rotatable bonds is 1. The predicted octanol–water partition coefficient (Wildman–Crippen LogP) is 9.50. The summed E-state index contributed by atoms with van der Waals surface area (Å²) in [5.41, 5.74) is 9.15. The van der Waals surface area contributed by atoms with E-state index in [4.69, 9.17) is 14.7 Å². The second-order valence-electron chi connectivity index (χ2n) is 16.3. The SMILES string of the molecule is COC1(C(C)(C)C)C2=NC(=C(C(C)(C)C)c3ccc([nH]3)C(C(C)(C)C)c3ccc([nH]3)C(C(C)(C)C)=C3C=CC1=N3)C=C2. The highest BCUT2D eigenvalue weighted by molar-refractivity contribution is 6.26. The van der Waals surface area contributed by atoms with Crippen molar-refractivity contribution < 1.29 is 4.74 Å². The molecule has 0 radical (unpaired) electrons. The molecule has 5 nitrogen and oxygen atoms in total. The third-order valence-corrected chi connectivity index (χ3v) is 8.82. The quantitative estimate of drug-likeness (QED) is 0.355. The number of ether oxygens (including phenoxy) is 1. The minimum Gasteiger partial charge on any atom is -0.365 e. The molecule has 0 fully saturated rings. The lowest BCUT2D eigenvalue weighted by Crippen LogP contribution is -2.56. The Morgan fingerprint density at radius 3 is 1.33 bits per heavy atom. The van der Waals surface area contributed by atoms with Gasteiger partial charge in [-0.05, 0) is 64.8 Å². The zero-order chi connectivity index (χ0) is 31.0. The molecule has 2 aromatic rings. The molecule has 8 bridgehead atoms. The van der Waals surface area contributed by atoms with E-state index in [-0.39, 0.29) is 27.6 Å². The number of aromatic amines is 2. The molecular formula is C37H50N4O. The molecular weight excluding hydrogens is 516 g/mol. The van der Waals surface area contributed by atoms with Crippen LogP contribution < -0.4 is 0 Å². The van der Waals surface area contributed by atoms with Crippen LogP contribution in [0, 0.1) is 21.7 Å². The first kappa shape index (κ1) is 30.3. The summed E-state index contributed by atoms with van der Waals surface area (Å²) in [4.78, 5) is 18.4. The van der Waals surface area contributed by atoms with Gasteiger partial charge in [0, 0.05) is 52.4 Å². The van der Waals surface area contributed by atoms with E-state index < -0.39 is 5.60 Å². The second kappa shape index (κ2) is 9.67. The van der Waals surface area contributed by atoms with E-state index in [2.05, 4.69) is 142 Å². The first-order chi connectivity index (χ1) is 19.3. The molecule has 2 aromatic heterocycles. The van der Waals surface area contributed by atoms with Crippen LogP contribution in [0.3, 0.4) is 0 Å². The highest BCUT2D eigenvalue weighted by Gasteiger charge is 2.51. The number of nitrogens with zero attached hydrogens (tertiary/aromatic N) is 2. The largest absolute Gasteiger partial charge is 0.365 e. The van der Waals surface area contributed by atoms with Gasteiger partial charge in [0.15, 0.2) is 5.60 Å². The van der Waals surface area contributed by atoms with E-state index in [0.29, 0.717) is 0 Å². The van der Waals surface area contributed by atoms with Crippen molar-refractivity contribution in [1.82, 2.24) is 9.97 Å². The average Bonchev–Trinajstić information content (AvgIpc) is 3.61. The van der Waals surface area contributed by atoms with Crippen LogP contribution in [-0.4, -0.2) is 34.1 Å². The van der Waals surface area contributed by atoms with Crippen LogP contribution in [0.4, 0.5) is 0 Å². The molecule has 3 aliphatic heterocycles. The summed E-state index contributed by atoms with van der Waals surface area (Å²) in [6.45, 7) is 27.1. The topological polar surface area (TPSA) is 65.5 Å². The van der Waals surface area contributed by atoms with Gasteiger partial charge in [-0.3, -0.25) is 0 Å². The Bertz CT molecular complexity index is 1480. The molecule has 5 rings (SSSR count). The molecule has 0 amide bonds. The maximum atomic E-state index is 6.53. The summed E-state index contributed by atoms with van der Waals surface area (Å²) in [6, 6.07) is 8.98. The predicted molar refractivity (Wildman–Crippen MR) is 178 cm³/mol. The molecule has 0 aliphatic carbocycles. The smallest absolute Gasteiger partial charge is 0.156 e. The van der Waals surface area contributed by atoms with Gasteiger partial charge in [0.2, 0.25) is 0 Å². The van der Waals surface area contributed by atoms with Crippen molar-refractivity contribution >= 4 is 22.6 Å². The van der Waals surface area contributed by atoms with Crippen LogP contribution >= 0.6 is 0 Å². The first-order valence-corrected chi connectivity index (χ1v) is 15.3. The summed E-state index contributed by atoms with van der Waals surface area (Å²) in [7, 11) is 1.79. The van der Waals surface area contributed by atoms with E-state index in [1.807, 2.05) is 0 Å². The van der Waals surface area contributed by atoms with Gasteiger partial charge in [0.1, 0.15) is 0 Å². The second-order valence-corrected chi connectivity index (χ2v) is 16.3. The number of hydrogen-bond donors (Lipinski definition) is 2. The number of H-pyrrole nitrogens is 2. The average molecular weight is 567 g/mol. The molecule has 3 aliphatic rings. The summed E-state index contributed by atoms with van der Waals surface area (Å²) >= 11 is 0. The third kappa shape index (κ3) is 4.84. The highest BCUT2D eigenvalue weighted by atomic mass is 16.5. The fourth-order valence-electron chi connectivity index (χ4n) is 7.22. The molecule has 0 saturated carbocycles. The Morgan fingerprint density at radius 2 is 1.02 bits per heavy atom. The molecule has 2 N–H and O–H groups in total. The number of hydrogen-bond acceptors (Lipinski definition) is 3. The van der Waals surface area contributed by atoms with Crippen LogP contribution in [0.5, 0.6) is 0 Å². The molecule has 0 atom stereocenters. The number of methoxy groups -OCH3 is 1. The summed E-state index contributed by atoms with van der Waals surface area (Å²) in [5.74, 6) is 0.142. The molecule has 5 heterocycles. The third-order valence-electron chi connectivity index (χ3n) is 8.82. The maximum absolute atomic E-state index is 6.53. The van der Waals surface area contributed by atoms with E-state index in [0.717, 1.165) is 34.2 Å². The Balaban J connectivity index is 1.92. The Labute approximate surface area is 253 Å². The molecule has 224 valence electrons. The van der Waals surface area contributed by atoms with Crippen molar-refractivity contribution in [2.75, 3.05) is 7.11 Å². The van der Waals surface area contributed by atoms with Gasteiger partial charge in [-0.25, -0.2) is 9.98 Å². The Kier molecular flexibility index (Phi) is 6.97. The van der Waals surface area contributed by atoms with Gasteiger partial charge in [0.05, 0.1) is 22.8 Å². The molecule has 0 unspecified atom stereocenters. The van der Waals surface area contributed by atoms with Gasteiger partial charge in [-0.1, -0.05) is 83.1 Å². The standard InChI is InChI=1S/C37H50N4O/c1-33(2,3)30-22-14-16-24(38-22)31(34(4,5)6)26-18-20-28(40-26)37(42-13,36(10,11)12)29-21-19-27(41-29)32(35(7,8)9)25-17-15-23(30)39-25/h14-21,30,38-39H,1-13H3. The lowest BCUT2D eigenvalue weighted by atomic mass is 9.70. The Morgan fingerprint density at radius 1 is 0.619 bits per heavy atom. The van der Waals surface area contributed by atoms with Crippen molar-refractivity contribution in [2.24, 2.45) is 31.6 Å². The molecule has 0 aromatic carbocycles. The van der Waals surface area contributed by atoms with Crippen molar-refractivity contribution in [3.05, 3.63) is 82.7 Å². The van der Waals surface area contributed by atoms with Gasteiger partial charge in [-0.15, -0.1) is 0 Å². The van der Waals surface area contributed by atoms with Crippen LogP contribution in [0.2, 0.25) is 0 Å². The summed E-state index contributed by atoms with van der Waals surface area (Å²) < 4.78 is 6.53. The fourth-order valence-corrected chi connectivity index (χ4v) is 7.22. The van der Waals surface area contributed by atoms with Crippen LogP contribution in [0.25, 0.3) is 11.1 Å². The summed E-state index contributed by atoms with van der Waals surface area (Å²) in [6.07, 6.45) is 8.58. The van der Waals surface area contributed by atoms with Crippen molar-refractivity contribution in [1.29, 1.82) is 0 Å². The number of aromatic nitrogens is 2.